The molecule has 4 bridgehead atoms. The van der Waals surface area contributed by atoms with Crippen molar-refractivity contribution in [3.8, 4) is 0 Å². The smallest absolute Gasteiger partial charge is 0.175 e. The topological polar surface area (TPSA) is 35.5 Å². The van der Waals surface area contributed by atoms with Gasteiger partial charge in [0, 0.05) is 23.7 Å². The van der Waals surface area contributed by atoms with Gasteiger partial charge in [0.15, 0.2) is 5.79 Å². The normalized spacial score (nSPS) is 72.9. The van der Waals surface area contributed by atoms with Gasteiger partial charge in [-0.05, 0) is 23.7 Å². The molecule has 1 spiro atoms. The minimum atomic E-state index is -0.276. The van der Waals surface area contributed by atoms with Gasteiger partial charge in [-0.15, -0.1) is 0 Å². The van der Waals surface area contributed by atoms with Gasteiger partial charge in [0.05, 0.1) is 13.2 Å². The molecule has 1 heterocycles. The monoisotopic (exact) mass is 204 g/mol. The van der Waals surface area contributed by atoms with Crippen LogP contribution >= 0.6 is 0 Å². The highest BCUT2D eigenvalue weighted by Crippen LogP contribution is 2.90. The summed E-state index contributed by atoms with van der Waals surface area (Å²) in [6, 6.07) is 0. The molecule has 78 valence electrons. The van der Waals surface area contributed by atoms with Crippen LogP contribution in [0.1, 0.15) is 0 Å². The number of hydrogen-bond donors (Lipinski definition) is 0. The number of ketones is 1. The maximum absolute atomic E-state index is 12.1. The molecule has 0 radical (unpaired) electrons. The number of hydrogen-bond acceptors (Lipinski definition) is 3. The summed E-state index contributed by atoms with van der Waals surface area (Å²) in [5.74, 6) is 5.07. The molecule has 1 saturated heterocycles. The number of carbonyl (C=O) groups excluding carboxylic acids is 1. The van der Waals surface area contributed by atoms with Crippen LogP contribution in [0.2, 0.25) is 0 Å². The van der Waals surface area contributed by atoms with Crippen LogP contribution in [0.25, 0.3) is 0 Å². The van der Waals surface area contributed by atoms with Crippen molar-refractivity contribution in [3.05, 3.63) is 0 Å². The van der Waals surface area contributed by atoms with Crippen LogP contribution < -0.4 is 0 Å². The molecular weight excluding hydrogens is 192 g/mol. The summed E-state index contributed by atoms with van der Waals surface area (Å²) >= 11 is 0. The Morgan fingerprint density at radius 2 is 1.67 bits per heavy atom. The molecule has 7 aliphatic rings. The van der Waals surface area contributed by atoms with E-state index < -0.39 is 0 Å². The van der Waals surface area contributed by atoms with E-state index in [1.54, 1.807) is 0 Å². The second-order valence-electron chi connectivity index (χ2n) is 6.23. The first-order valence-electron chi connectivity index (χ1n) is 6.18. The van der Waals surface area contributed by atoms with Crippen LogP contribution in [0.3, 0.4) is 0 Å². The summed E-state index contributed by atoms with van der Waals surface area (Å²) in [6.07, 6.45) is 0. The van der Waals surface area contributed by atoms with Gasteiger partial charge in [0.2, 0.25) is 0 Å². The van der Waals surface area contributed by atoms with Crippen LogP contribution in [0, 0.1) is 47.3 Å². The summed E-state index contributed by atoms with van der Waals surface area (Å²) in [5.41, 5.74) is 0. The molecule has 3 nitrogen and oxygen atoms in total. The first-order valence-corrected chi connectivity index (χ1v) is 6.18. The molecule has 0 aromatic rings. The van der Waals surface area contributed by atoms with Crippen molar-refractivity contribution in [3.63, 3.8) is 0 Å². The van der Waals surface area contributed by atoms with Crippen LogP contribution in [0.5, 0.6) is 0 Å². The molecule has 0 N–H and O–H groups in total. The van der Waals surface area contributed by atoms with Crippen molar-refractivity contribution in [2.24, 2.45) is 47.3 Å². The Kier molecular flexibility index (Phi) is 0.753. The highest BCUT2D eigenvalue weighted by molar-refractivity contribution is 5.94. The Labute approximate surface area is 87.1 Å². The Bertz CT molecular complexity index is 425. The summed E-state index contributed by atoms with van der Waals surface area (Å²) in [6.45, 7) is 1.49. The van der Waals surface area contributed by atoms with Crippen molar-refractivity contribution in [1.82, 2.24) is 0 Å². The van der Waals surface area contributed by atoms with Gasteiger partial charge in [-0.2, -0.15) is 0 Å². The summed E-state index contributed by atoms with van der Waals surface area (Å²) in [4.78, 5) is 12.1. The van der Waals surface area contributed by atoms with E-state index >= 15 is 0 Å². The predicted octanol–water partition coefficient (Wildman–Crippen LogP) is 0.296. The molecule has 1 aliphatic heterocycles. The third-order valence-corrected chi connectivity index (χ3v) is 6.53. The van der Waals surface area contributed by atoms with Crippen LogP contribution in [0.4, 0.5) is 0 Å². The van der Waals surface area contributed by atoms with E-state index in [9.17, 15) is 4.79 Å². The molecule has 6 aliphatic carbocycles. The predicted molar refractivity (Wildman–Crippen MR) is 47.6 cm³/mol. The average molecular weight is 204 g/mol. The quantitative estimate of drug-likeness (QED) is 0.569. The third kappa shape index (κ3) is 0.388. The lowest BCUT2D eigenvalue weighted by Crippen LogP contribution is -2.61. The molecule has 0 unspecified atom stereocenters. The molecule has 3 heteroatoms. The third-order valence-electron chi connectivity index (χ3n) is 6.53. The molecular formula is C12H12O3. The van der Waals surface area contributed by atoms with E-state index in [1.165, 1.54) is 0 Å². The standard InChI is InChI=1S/C12H12O3/c13-11-7-3-4-6(7)10-8(11)5(3)9(4)12(10)14-1-2-15-12/h3-10H,1-2H2/t3-,4+,5+,6+,7-,8-,9+,10+/m0/s1. The van der Waals surface area contributed by atoms with Gasteiger partial charge in [0.25, 0.3) is 0 Å². The minimum Gasteiger partial charge on any atom is -0.347 e. The van der Waals surface area contributed by atoms with Gasteiger partial charge in [-0.3, -0.25) is 4.79 Å². The second-order valence-corrected chi connectivity index (χ2v) is 6.23. The Morgan fingerprint density at radius 3 is 2.33 bits per heavy atom. The number of Topliss-reactive ketones (excluding diaryl/α,β-unsaturated/α-hetero) is 1. The van der Waals surface area contributed by atoms with Gasteiger partial charge in [-0.1, -0.05) is 0 Å². The molecule has 8 atom stereocenters. The SMILES string of the molecule is O=C1[C@H]2[C@H]3[C@@H]4[C@H]2[C@@H]2[C@@H]1[C@@H]3[C@@H]4C21OCCO1. The first-order chi connectivity index (χ1) is 7.36. The van der Waals surface area contributed by atoms with Crippen molar-refractivity contribution < 1.29 is 14.3 Å². The second kappa shape index (κ2) is 1.61. The molecule has 15 heavy (non-hydrogen) atoms. The van der Waals surface area contributed by atoms with Crippen molar-refractivity contribution in [1.29, 1.82) is 0 Å². The Morgan fingerprint density at radius 1 is 0.933 bits per heavy atom. The zero-order valence-corrected chi connectivity index (χ0v) is 8.26. The lowest BCUT2D eigenvalue weighted by molar-refractivity contribution is -0.225. The van der Waals surface area contributed by atoms with Gasteiger partial charge in [-0.25, -0.2) is 0 Å². The fourth-order valence-electron chi connectivity index (χ4n) is 6.65. The number of ether oxygens (including phenoxy) is 2. The van der Waals surface area contributed by atoms with E-state index in [4.69, 9.17) is 9.47 Å². The van der Waals surface area contributed by atoms with Crippen molar-refractivity contribution >= 4 is 5.78 Å². The molecule has 7 rings (SSSR count). The molecule has 0 aromatic heterocycles. The highest BCUT2D eigenvalue weighted by Gasteiger charge is 2.95. The van der Waals surface area contributed by atoms with E-state index in [1.807, 2.05) is 0 Å². The first kappa shape index (κ1) is 7.02. The van der Waals surface area contributed by atoms with Crippen LogP contribution in [-0.4, -0.2) is 24.8 Å². The maximum atomic E-state index is 12.1. The van der Waals surface area contributed by atoms with Crippen LogP contribution in [0.15, 0.2) is 0 Å². The molecule has 0 amide bonds. The maximum Gasteiger partial charge on any atom is 0.175 e. The van der Waals surface area contributed by atoms with Gasteiger partial charge in [0.1, 0.15) is 5.78 Å². The van der Waals surface area contributed by atoms with E-state index in [0.29, 0.717) is 41.3 Å². The summed E-state index contributed by atoms with van der Waals surface area (Å²) in [5, 5.41) is 0. The Balaban J connectivity index is 1.66. The number of rotatable bonds is 0. The lowest BCUT2D eigenvalue weighted by atomic mass is 9.41. The van der Waals surface area contributed by atoms with Gasteiger partial charge < -0.3 is 9.47 Å². The largest absolute Gasteiger partial charge is 0.347 e. The van der Waals surface area contributed by atoms with Crippen molar-refractivity contribution in [2.75, 3.05) is 13.2 Å². The fourth-order valence-corrected chi connectivity index (χ4v) is 6.65. The highest BCUT2D eigenvalue weighted by atomic mass is 16.7. The molecule has 0 aromatic carbocycles. The molecule has 7 fully saturated rings. The average Bonchev–Trinajstić information content (AvgIpc) is 2.87. The van der Waals surface area contributed by atoms with Crippen LogP contribution in [-0.2, 0) is 14.3 Å². The van der Waals surface area contributed by atoms with Crippen molar-refractivity contribution in [2.45, 2.75) is 5.79 Å². The zero-order valence-electron chi connectivity index (χ0n) is 8.26. The fraction of sp³-hybridized carbons (Fsp3) is 0.917. The van der Waals surface area contributed by atoms with E-state index in [2.05, 4.69) is 0 Å². The van der Waals surface area contributed by atoms with E-state index in [-0.39, 0.29) is 5.79 Å². The number of carbonyl (C=O) groups is 1. The summed E-state index contributed by atoms with van der Waals surface area (Å²) < 4.78 is 11.9. The zero-order chi connectivity index (χ0) is 9.52. The summed E-state index contributed by atoms with van der Waals surface area (Å²) in [7, 11) is 0. The molecule has 6 saturated carbocycles. The van der Waals surface area contributed by atoms with E-state index in [0.717, 1.165) is 25.0 Å². The van der Waals surface area contributed by atoms with Gasteiger partial charge >= 0.3 is 0 Å². The Hall–Kier alpha value is -0.410. The minimum absolute atomic E-state index is 0.276. The lowest BCUT2D eigenvalue weighted by Gasteiger charge is -2.61.